The number of hydrogen-bond acceptors (Lipinski definition) is 5. The summed E-state index contributed by atoms with van der Waals surface area (Å²) in [5.41, 5.74) is 1.04. The highest BCUT2D eigenvalue weighted by atomic mass is 79.9. The zero-order valence-electron chi connectivity index (χ0n) is 14.2. The molecule has 1 unspecified atom stereocenters. The largest absolute Gasteiger partial charge is 0.496 e. The number of rotatable bonds is 7. The van der Waals surface area contributed by atoms with Gasteiger partial charge >= 0.3 is 0 Å². The number of amides is 1. The Morgan fingerprint density at radius 1 is 1.52 bits per heavy atom. The summed E-state index contributed by atoms with van der Waals surface area (Å²) in [5.74, 6) is 0.898. The smallest absolute Gasteiger partial charge is 0.220 e. The summed E-state index contributed by atoms with van der Waals surface area (Å²) in [6.07, 6.45) is 5.19. The van der Waals surface area contributed by atoms with Crippen LogP contribution in [0.1, 0.15) is 24.8 Å². The predicted octanol–water partition coefficient (Wildman–Crippen LogP) is 3.63. The number of benzene rings is 1. The number of carbonyl (C=O) groups excluding carboxylic acids is 1. The summed E-state index contributed by atoms with van der Waals surface area (Å²) in [6, 6.07) is 6.21. The van der Waals surface area contributed by atoms with Crippen LogP contribution in [-0.2, 0) is 11.2 Å². The first-order valence-corrected chi connectivity index (χ1v) is 10.1. The summed E-state index contributed by atoms with van der Waals surface area (Å²) >= 11 is 5.12. The molecule has 1 aliphatic rings. The second kappa shape index (κ2) is 8.67. The van der Waals surface area contributed by atoms with E-state index in [0.717, 1.165) is 40.3 Å². The molecule has 0 aliphatic carbocycles. The molecule has 1 saturated heterocycles. The molecule has 2 heterocycles. The average Bonchev–Trinajstić information content (AvgIpc) is 3.29. The van der Waals surface area contributed by atoms with Gasteiger partial charge in [-0.2, -0.15) is 0 Å². The first-order valence-electron chi connectivity index (χ1n) is 8.42. The molecule has 1 atom stereocenters. The lowest BCUT2D eigenvalue weighted by molar-refractivity contribution is -0.121. The number of thiazole rings is 1. The Bertz CT molecular complexity index is 708. The number of aryl methyl sites for hydroxylation is 1. The van der Waals surface area contributed by atoms with Gasteiger partial charge in [0.25, 0.3) is 0 Å². The maximum atomic E-state index is 12.3. The van der Waals surface area contributed by atoms with Crippen molar-refractivity contribution in [2.75, 3.05) is 25.1 Å². The number of nitrogens with zero attached hydrogens (tertiary/aromatic N) is 2. The fraction of sp³-hybridized carbons (Fsp3) is 0.444. The molecule has 0 spiro atoms. The molecule has 1 aromatic carbocycles. The summed E-state index contributed by atoms with van der Waals surface area (Å²) in [6.45, 7) is 1.69. The van der Waals surface area contributed by atoms with Crippen molar-refractivity contribution in [2.24, 2.45) is 0 Å². The number of nitrogens with one attached hydrogen (secondary N) is 1. The number of aromatic nitrogens is 1. The normalized spacial score (nSPS) is 16.9. The zero-order chi connectivity index (χ0) is 17.6. The quantitative estimate of drug-likeness (QED) is 0.738. The maximum Gasteiger partial charge on any atom is 0.220 e. The standard InChI is InChI=1S/C18H22BrN3O2S/c1-24-16-6-5-14(19)11-13(16)4-7-17(23)21-12-15-3-2-9-22(15)18-20-8-10-25-18/h5-6,8,10-11,15H,2-4,7,9,12H2,1H3,(H,21,23). The van der Waals surface area contributed by atoms with Crippen LogP contribution in [0.5, 0.6) is 5.75 Å². The molecule has 1 aromatic heterocycles. The molecule has 0 bridgehead atoms. The van der Waals surface area contributed by atoms with Crippen LogP contribution in [-0.4, -0.2) is 37.1 Å². The molecule has 2 aromatic rings. The fourth-order valence-corrected chi connectivity index (χ4v) is 4.32. The highest BCUT2D eigenvalue weighted by Gasteiger charge is 2.26. The van der Waals surface area contributed by atoms with Gasteiger partial charge in [-0.15, -0.1) is 11.3 Å². The van der Waals surface area contributed by atoms with Crippen molar-refractivity contribution >= 4 is 38.3 Å². The van der Waals surface area contributed by atoms with E-state index in [-0.39, 0.29) is 5.91 Å². The second-order valence-electron chi connectivity index (χ2n) is 6.06. The number of methoxy groups -OCH3 is 1. The molecule has 25 heavy (non-hydrogen) atoms. The molecule has 5 nitrogen and oxygen atoms in total. The molecule has 134 valence electrons. The first-order chi connectivity index (χ1) is 12.2. The van der Waals surface area contributed by atoms with E-state index in [9.17, 15) is 4.79 Å². The Morgan fingerprint density at radius 3 is 3.16 bits per heavy atom. The lowest BCUT2D eigenvalue weighted by atomic mass is 10.1. The van der Waals surface area contributed by atoms with E-state index in [0.29, 0.717) is 25.4 Å². The second-order valence-corrected chi connectivity index (χ2v) is 7.85. The van der Waals surface area contributed by atoms with Crippen molar-refractivity contribution in [3.8, 4) is 5.75 Å². The SMILES string of the molecule is COc1ccc(Br)cc1CCC(=O)NCC1CCCN1c1nccs1. The average molecular weight is 424 g/mol. The van der Waals surface area contributed by atoms with Crippen LogP contribution >= 0.6 is 27.3 Å². The Morgan fingerprint density at radius 2 is 2.40 bits per heavy atom. The molecule has 0 radical (unpaired) electrons. The molecule has 1 amide bonds. The van der Waals surface area contributed by atoms with Gasteiger partial charge in [0.1, 0.15) is 5.75 Å². The van der Waals surface area contributed by atoms with E-state index in [4.69, 9.17) is 4.74 Å². The third kappa shape index (κ3) is 4.73. The summed E-state index contributed by atoms with van der Waals surface area (Å²) in [7, 11) is 1.65. The van der Waals surface area contributed by atoms with Crippen molar-refractivity contribution < 1.29 is 9.53 Å². The van der Waals surface area contributed by atoms with Crippen molar-refractivity contribution in [3.05, 3.63) is 39.8 Å². The molecule has 1 aliphatic heterocycles. The number of halogens is 1. The Kier molecular flexibility index (Phi) is 6.31. The molecule has 3 rings (SSSR count). The minimum absolute atomic E-state index is 0.0769. The van der Waals surface area contributed by atoms with Crippen LogP contribution in [0.25, 0.3) is 0 Å². The van der Waals surface area contributed by atoms with Gasteiger partial charge in [-0.1, -0.05) is 15.9 Å². The molecular weight excluding hydrogens is 402 g/mol. The zero-order valence-corrected chi connectivity index (χ0v) is 16.6. The number of carbonyl (C=O) groups is 1. The fourth-order valence-electron chi connectivity index (χ4n) is 3.17. The van der Waals surface area contributed by atoms with E-state index >= 15 is 0 Å². The highest BCUT2D eigenvalue weighted by molar-refractivity contribution is 9.10. The minimum atomic E-state index is 0.0769. The van der Waals surface area contributed by atoms with E-state index < -0.39 is 0 Å². The Labute approximate surface area is 160 Å². The van der Waals surface area contributed by atoms with E-state index in [1.807, 2.05) is 29.8 Å². The minimum Gasteiger partial charge on any atom is -0.496 e. The van der Waals surface area contributed by atoms with Gasteiger partial charge in [0.05, 0.1) is 7.11 Å². The first kappa shape index (κ1) is 18.2. The van der Waals surface area contributed by atoms with E-state index in [2.05, 4.69) is 31.1 Å². The summed E-state index contributed by atoms with van der Waals surface area (Å²) < 4.78 is 6.36. The summed E-state index contributed by atoms with van der Waals surface area (Å²) in [5, 5.41) is 6.13. The molecule has 1 fully saturated rings. The van der Waals surface area contributed by atoms with Gasteiger partial charge in [0, 0.05) is 41.6 Å². The molecular formula is C18H22BrN3O2S. The third-order valence-corrected chi connectivity index (χ3v) is 5.74. The Balaban J connectivity index is 1.49. The van der Waals surface area contributed by atoms with Crippen LogP contribution in [0.2, 0.25) is 0 Å². The monoisotopic (exact) mass is 423 g/mol. The predicted molar refractivity (Wildman–Crippen MR) is 105 cm³/mol. The topological polar surface area (TPSA) is 54.5 Å². The summed E-state index contributed by atoms with van der Waals surface area (Å²) in [4.78, 5) is 19.0. The van der Waals surface area contributed by atoms with Gasteiger partial charge in [0.15, 0.2) is 5.13 Å². The number of anilines is 1. The lowest BCUT2D eigenvalue weighted by Crippen LogP contribution is -2.40. The number of ether oxygens (including phenoxy) is 1. The van der Waals surface area contributed by atoms with Crippen LogP contribution in [0.4, 0.5) is 5.13 Å². The molecule has 7 heteroatoms. The van der Waals surface area contributed by atoms with Crippen molar-refractivity contribution in [1.82, 2.24) is 10.3 Å². The van der Waals surface area contributed by atoms with Gasteiger partial charge in [0.2, 0.25) is 5.91 Å². The van der Waals surface area contributed by atoms with Crippen LogP contribution in [0.3, 0.4) is 0 Å². The van der Waals surface area contributed by atoms with Crippen molar-refractivity contribution in [3.63, 3.8) is 0 Å². The van der Waals surface area contributed by atoms with Crippen molar-refractivity contribution in [2.45, 2.75) is 31.7 Å². The molecule has 0 saturated carbocycles. The van der Waals surface area contributed by atoms with Gasteiger partial charge < -0.3 is 15.0 Å². The van der Waals surface area contributed by atoms with Crippen LogP contribution < -0.4 is 15.0 Å². The van der Waals surface area contributed by atoms with E-state index in [1.54, 1.807) is 18.4 Å². The lowest BCUT2D eigenvalue weighted by Gasteiger charge is -2.24. The third-order valence-electron chi connectivity index (χ3n) is 4.44. The van der Waals surface area contributed by atoms with Gasteiger partial charge in [-0.25, -0.2) is 4.98 Å². The van der Waals surface area contributed by atoms with Crippen molar-refractivity contribution in [1.29, 1.82) is 0 Å². The van der Waals surface area contributed by atoms with Crippen LogP contribution in [0.15, 0.2) is 34.2 Å². The number of hydrogen-bond donors (Lipinski definition) is 1. The van der Waals surface area contributed by atoms with E-state index in [1.165, 1.54) is 0 Å². The van der Waals surface area contributed by atoms with Gasteiger partial charge in [-0.05, 0) is 43.0 Å². The highest BCUT2D eigenvalue weighted by Crippen LogP contribution is 2.27. The van der Waals surface area contributed by atoms with Gasteiger partial charge in [-0.3, -0.25) is 4.79 Å². The maximum absolute atomic E-state index is 12.3. The molecule has 1 N–H and O–H groups in total. The van der Waals surface area contributed by atoms with Crippen LogP contribution in [0, 0.1) is 0 Å². The Hall–Kier alpha value is -1.60.